The Labute approximate surface area is 162 Å². The minimum Gasteiger partial charge on any atom is -0.279 e. The molecule has 2 aromatic carbocycles. The average Bonchev–Trinajstić information content (AvgIpc) is 3.12. The van der Waals surface area contributed by atoms with Gasteiger partial charge in [0.05, 0.1) is 16.8 Å². The van der Waals surface area contributed by atoms with Crippen LogP contribution in [0.15, 0.2) is 67.0 Å². The molecular formula is C22H19N3OS. The van der Waals surface area contributed by atoms with Gasteiger partial charge in [-0.05, 0) is 49.2 Å². The fraction of sp³-hybridized carbons (Fsp3) is 0.136. The molecule has 0 saturated heterocycles. The van der Waals surface area contributed by atoms with Crippen LogP contribution in [0.2, 0.25) is 0 Å². The average molecular weight is 373 g/mol. The van der Waals surface area contributed by atoms with E-state index in [2.05, 4.69) is 4.98 Å². The van der Waals surface area contributed by atoms with Crippen LogP contribution in [0.25, 0.3) is 10.2 Å². The fourth-order valence-electron chi connectivity index (χ4n) is 2.94. The van der Waals surface area contributed by atoms with E-state index in [4.69, 9.17) is 4.98 Å². The molecule has 5 heteroatoms. The lowest BCUT2D eigenvalue weighted by molar-refractivity contribution is 0.0985. The number of hydrogen-bond acceptors (Lipinski definition) is 4. The number of benzene rings is 2. The first kappa shape index (κ1) is 17.4. The summed E-state index contributed by atoms with van der Waals surface area (Å²) in [5.41, 5.74) is 4.81. The number of thiazole rings is 1. The predicted octanol–water partition coefficient (Wildman–Crippen LogP) is 5.16. The Bertz CT molecular complexity index is 1090. The number of aryl methyl sites for hydroxylation is 2. The maximum atomic E-state index is 13.3. The maximum absolute atomic E-state index is 13.3. The van der Waals surface area contributed by atoms with Gasteiger partial charge in [0.2, 0.25) is 0 Å². The number of para-hydroxylation sites is 1. The van der Waals surface area contributed by atoms with Gasteiger partial charge in [-0.2, -0.15) is 0 Å². The van der Waals surface area contributed by atoms with Gasteiger partial charge in [0, 0.05) is 18.0 Å². The zero-order valence-corrected chi connectivity index (χ0v) is 16.0. The van der Waals surface area contributed by atoms with Crippen molar-refractivity contribution in [2.24, 2.45) is 0 Å². The smallest absolute Gasteiger partial charge is 0.260 e. The highest BCUT2D eigenvalue weighted by Crippen LogP contribution is 2.32. The molecule has 134 valence electrons. The van der Waals surface area contributed by atoms with Crippen LogP contribution in [-0.2, 0) is 6.54 Å². The second-order valence-electron chi connectivity index (χ2n) is 6.54. The molecule has 0 saturated carbocycles. The van der Waals surface area contributed by atoms with Crippen molar-refractivity contribution in [3.8, 4) is 0 Å². The summed E-state index contributed by atoms with van der Waals surface area (Å²) in [6, 6.07) is 17.6. The highest BCUT2D eigenvalue weighted by molar-refractivity contribution is 7.22. The van der Waals surface area contributed by atoms with Gasteiger partial charge in [-0.25, -0.2) is 4.98 Å². The van der Waals surface area contributed by atoms with Crippen molar-refractivity contribution < 1.29 is 4.79 Å². The Kier molecular flexibility index (Phi) is 4.69. The molecule has 2 heterocycles. The Morgan fingerprint density at radius 3 is 2.56 bits per heavy atom. The third-order valence-electron chi connectivity index (χ3n) is 4.45. The standard InChI is InChI=1S/C22H19N3OS/c1-15-8-10-18(11-9-15)21(26)25(14-17-6-4-12-23-13-17)22-24-20-16(2)5-3-7-19(20)27-22/h3-13H,14H2,1-2H3. The Balaban J connectivity index is 1.78. The van der Waals surface area contributed by atoms with Crippen molar-refractivity contribution in [1.82, 2.24) is 9.97 Å². The lowest BCUT2D eigenvalue weighted by Crippen LogP contribution is -2.30. The molecule has 0 aliphatic heterocycles. The first-order valence-electron chi connectivity index (χ1n) is 8.75. The van der Waals surface area contributed by atoms with E-state index in [0.717, 1.165) is 26.9 Å². The van der Waals surface area contributed by atoms with E-state index in [1.165, 1.54) is 11.3 Å². The molecule has 4 nitrogen and oxygen atoms in total. The van der Waals surface area contributed by atoms with Crippen LogP contribution in [0, 0.1) is 13.8 Å². The molecule has 0 aliphatic carbocycles. The van der Waals surface area contributed by atoms with Crippen LogP contribution >= 0.6 is 11.3 Å². The number of fused-ring (bicyclic) bond motifs is 1. The minimum absolute atomic E-state index is 0.0597. The summed E-state index contributed by atoms with van der Waals surface area (Å²) in [6.45, 7) is 4.48. The number of anilines is 1. The quantitative estimate of drug-likeness (QED) is 0.497. The molecule has 0 atom stereocenters. The summed E-state index contributed by atoms with van der Waals surface area (Å²) >= 11 is 1.54. The van der Waals surface area contributed by atoms with E-state index in [-0.39, 0.29) is 5.91 Å². The van der Waals surface area contributed by atoms with Crippen molar-refractivity contribution in [2.45, 2.75) is 20.4 Å². The van der Waals surface area contributed by atoms with Crippen molar-refractivity contribution in [3.05, 3.63) is 89.2 Å². The third kappa shape index (κ3) is 3.59. The van der Waals surface area contributed by atoms with Crippen LogP contribution in [0.5, 0.6) is 0 Å². The summed E-state index contributed by atoms with van der Waals surface area (Å²) < 4.78 is 1.08. The SMILES string of the molecule is Cc1ccc(C(=O)N(Cc2cccnc2)c2nc3c(C)cccc3s2)cc1. The van der Waals surface area contributed by atoms with Crippen molar-refractivity contribution in [3.63, 3.8) is 0 Å². The summed E-state index contributed by atoms with van der Waals surface area (Å²) in [6.07, 6.45) is 3.52. The molecule has 0 aliphatic rings. The molecule has 2 aromatic heterocycles. The zero-order valence-electron chi connectivity index (χ0n) is 15.2. The van der Waals surface area contributed by atoms with Gasteiger partial charge in [0.25, 0.3) is 5.91 Å². The highest BCUT2D eigenvalue weighted by atomic mass is 32.1. The largest absolute Gasteiger partial charge is 0.279 e. The third-order valence-corrected chi connectivity index (χ3v) is 5.49. The van der Waals surface area contributed by atoms with Crippen LogP contribution in [0.1, 0.15) is 27.0 Å². The number of amides is 1. The van der Waals surface area contributed by atoms with Gasteiger partial charge in [-0.15, -0.1) is 0 Å². The molecule has 0 radical (unpaired) electrons. The molecule has 0 fully saturated rings. The fourth-order valence-corrected chi connectivity index (χ4v) is 3.98. The number of nitrogens with zero attached hydrogens (tertiary/aromatic N) is 3. The number of carbonyl (C=O) groups excluding carboxylic acids is 1. The Morgan fingerprint density at radius 1 is 1.04 bits per heavy atom. The van der Waals surface area contributed by atoms with E-state index < -0.39 is 0 Å². The Morgan fingerprint density at radius 2 is 1.85 bits per heavy atom. The van der Waals surface area contributed by atoms with E-state index >= 15 is 0 Å². The number of carbonyl (C=O) groups is 1. The van der Waals surface area contributed by atoms with E-state index in [1.54, 1.807) is 17.3 Å². The number of aromatic nitrogens is 2. The predicted molar refractivity (Wildman–Crippen MR) is 110 cm³/mol. The molecule has 27 heavy (non-hydrogen) atoms. The first-order valence-corrected chi connectivity index (χ1v) is 9.57. The number of hydrogen-bond donors (Lipinski definition) is 0. The molecule has 0 unspecified atom stereocenters. The molecule has 0 N–H and O–H groups in total. The van der Waals surface area contributed by atoms with Gasteiger partial charge >= 0.3 is 0 Å². The van der Waals surface area contributed by atoms with Gasteiger partial charge in [-0.1, -0.05) is 47.2 Å². The second-order valence-corrected chi connectivity index (χ2v) is 7.55. The summed E-state index contributed by atoms with van der Waals surface area (Å²) in [7, 11) is 0. The monoisotopic (exact) mass is 373 g/mol. The van der Waals surface area contributed by atoms with Crippen molar-refractivity contribution in [1.29, 1.82) is 0 Å². The van der Waals surface area contributed by atoms with Crippen molar-refractivity contribution >= 4 is 32.6 Å². The molecular weight excluding hydrogens is 354 g/mol. The number of rotatable bonds is 4. The van der Waals surface area contributed by atoms with Crippen LogP contribution in [0.4, 0.5) is 5.13 Å². The zero-order chi connectivity index (χ0) is 18.8. The topological polar surface area (TPSA) is 46.1 Å². The van der Waals surface area contributed by atoms with E-state index in [0.29, 0.717) is 17.2 Å². The van der Waals surface area contributed by atoms with Crippen molar-refractivity contribution in [2.75, 3.05) is 4.90 Å². The lowest BCUT2D eigenvalue weighted by Gasteiger charge is -2.20. The van der Waals surface area contributed by atoms with Gasteiger partial charge in [0.15, 0.2) is 5.13 Å². The van der Waals surface area contributed by atoms with Crippen LogP contribution in [-0.4, -0.2) is 15.9 Å². The van der Waals surface area contributed by atoms with Crippen LogP contribution in [0.3, 0.4) is 0 Å². The van der Waals surface area contributed by atoms with E-state index in [1.807, 2.05) is 68.4 Å². The first-order chi connectivity index (χ1) is 13.1. The maximum Gasteiger partial charge on any atom is 0.260 e. The number of pyridine rings is 1. The lowest BCUT2D eigenvalue weighted by atomic mass is 10.1. The van der Waals surface area contributed by atoms with E-state index in [9.17, 15) is 4.79 Å². The molecule has 1 amide bonds. The normalized spacial score (nSPS) is 10.9. The summed E-state index contributed by atoms with van der Waals surface area (Å²) in [4.78, 5) is 24.0. The molecule has 0 spiro atoms. The molecule has 4 rings (SSSR count). The molecule has 0 bridgehead atoms. The highest BCUT2D eigenvalue weighted by Gasteiger charge is 2.22. The molecule has 4 aromatic rings. The Hall–Kier alpha value is -3.05. The van der Waals surface area contributed by atoms with Crippen LogP contribution < -0.4 is 4.90 Å². The minimum atomic E-state index is -0.0597. The van der Waals surface area contributed by atoms with Gasteiger partial charge in [-0.3, -0.25) is 14.7 Å². The summed E-state index contributed by atoms with van der Waals surface area (Å²) in [5, 5.41) is 0.703. The van der Waals surface area contributed by atoms with Gasteiger partial charge < -0.3 is 0 Å². The summed E-state index contributed by atoms with van der Waals surface area (Å²) in [5.74, 6) is -0.0597. The second kappa shape index (κ2) is 7.29. The van der Waals surface area contributed by atoms with Gasteiger partial charge in [0.1, 0.15) is 0 Å².